The molecule has 31 heavy (non-hydrogen) atoms. The van der Waals surface area contributed by atoms with E-state index in [0.29, 0.717) is 11.1 Å². The lowest BCUT2D eigenvalue weighted by Gasteiger charge is -2.38. The van der Waals surface area contributed by atoms with Crippen molar-refractivity contribution in [1.29, 1.82) is 0 Å². The van der Waals surface area contributed by atoms with E-state index in [4.69, 9.17) is 18.9 Å². The van der Waals surface area contributed by atoms with Crippen molar-refractivity contribution < 1.29 is 33.6 Å². The molecule has 7 nitrogen and oxygen atoms in total. The summed E-state index contributed by atoms with van der Waals surface area (Å²) in [5.41, 5.74) is -0.237. The topological polar surface area (TPSA) is 91.3 Å². The lowest BCUT2D eigenvalue weighted by Crippen LogP contribution is -2.54. The van der Waals surface area contributed by atoms with Gasteiger partial charge in [-0.1, -0.05) is 36.4 Å². The third kappa shape index (κ3) is 4.93. The third-order valence-electron chi connectivity index (χ3n) is 5.09. The van der Waals surface area contributed by atoms with Crippen molar-refractivity contribution in [3.8, 4) is 0 Å². The second-order valence-corrected chi connectivity index (χ2v) is 9.19. The SMILES string of the molecule is CC1(C)O[C@@H]2[C@@H](OC(=O)c3ccccc3)[C@H](O)S[C@H](COC(=O)c3ccccc3)[C@H]2O1. The second kappa shape index (κ2) is 9.00. The van der Waals surface area contributed by atoms with Crippen molar-refractivity contribution in [1.82, 2.24) is 0 Å². The number of thioether (sulfide) groups is 1. The van der Waals surface area contributed by atoms with Crippen LogP contribution in [0.2, 0.25) is 0 Å². The Balaban J connectivity index is 1.46. The molecule has 5 atom stereocenters. The van der Waals surface area contributed by atoms with Gasteiger partial charge in [-0.25, -0.2) is 9.59 Å². The Bertz CT molecular complexity index is 918. The number of rotatable bonds is 5. The van der Waals surface area contributed by atoms with E-state index in [1.54, 1.807) is 68.4 Å². The average molecular weight is 445 g/mol. The highest BCUT2D eigenvalue weighted by atomic mass is 32.2. The minimum Gasteiger partial charge on any atom is -0.461 e. The summed E-state index contributed by atoms with van der Waals surface area (Å²) in [7, 11) is 0. The zero-order valence-electron chi connectivity index (χ0n) is 17.2. The monoisotopic (exact) mass is 444 g/mol. The summed E-state index contributed by atoms with van der Waals surface area (Å²) in [6, 6.07) is 17.2. The first-order valence-corrected chi connectivity index (χ1v) is 11.0. The molecule has 0 bridgehead atoms. The predicted molar refractivity (Wildman–Crippen MR) is 114 cm³/mol. The first-order valence-electron chi connectivity index (χ1n) is 10.0. The molecule has 1 N–H and O–H groups in total. The summed E-state index contributed by atoms with van der Waals surface area (Å²) in [5.74, 6) is -1.94. The summed E-state index contributed by atoms with van der Waals surface area (Å²) < 4.78 is 23.1. The molecule has 0 unspecified atom stereocenters. The first kappa shape index (κ1) is 21.8. The maximum atomic E-state index is 12.6. The smallest absolute Gasteiger partial charge is 0.338 e. The fourth-order valence-corrected chi connectivity index (χ4v) is 4.93. The zero-order valence-corrected chi connectivity index (χ0v) is 18.0. The molecule has 0 aliphatic carbocycles. The van der Waals surface area contributed by atoms with Crippen LogP contribution in [0, 0.1) is 0 Å². The number of benzene rings is 2. The Morgan fingerprint density at radius 3 is 2.10 bits per heavy atom. The summed E-state index contributed by atoms with van der Waals surface area (Å²) >= 11 is 1.14. The number of carbonyl (C=O) groups excluding carboxylic acids is 2. The number of hydrogen-bond donors (Lipinski definition) is 1. The number of esters is 2. The van der Waals surface area contributed by atoms with Gasteiger partial charge < -0.3 is 24.1 Å². The fraction of sp³-hybridized carbons (Fsp3) is 0.391. The summed E-state index contributed by atoms with van der Waals surface area (Å²) in [4.78, 5) is 24.9. The van der Waals surface area contributed by atoms with Gasteiger partial charge in [-0.05, 0) is 38.1 Å². The van der Waals surface area contributed by atoms with Crippen LogP contribution in [0.15, 0.2) is 60.7 Å². The standard InChI is InChI=1S/C23H24O7S/c1-23(2)29-17-16(13-27-20(24)14-9-5-3-6-10-14)31-22(26)19(18(17)30-23)28-21(25)15-11-7-4-8-12-15/h3-12,16-19,22,26H,13H2,1-2H3/t16-,17-,18+,19-,22-/m1/s1. The predicted octanol–water partition coefficient (Wildman–Crippen LogP) is 3.02. The molecule has 2 aliphatic rings. The first-order chi connectivity index (χ1) is 14.8. The molecule has 2 aromatic carbocycles. The summed E-state index contributed by atoms with van der Waals surface area (Å²) in [6.07, 6.45) is -2.15. The highest BCUT2D eigenvalue weighted by Crippen LogP contribution is 2.43. The van der Waals surface area contributed by atoms with E-state index >= 15 is 0 Å². The van der Waals surface area contributed by atoms with Gasteiger partial charge in [0.15, 0.2) is 11.9 Å². The second-order valence-electron chi connectivity index (χ2n) is 7.83. The average Bonchev–Trinajstić information content (AvgIpc) is 3.10. The van der Waals surface area contributed by atoms with Gasteiger partial charge in [-0.15, -0.1) is 11.8 Å². The van der Waals surface area contributed by atoms with Crippen molar-refractivity contribution >= 4 is 23.7 Å². The quantitative estimate of drug-likeness (QED) is 0.704. The fourth-order valence-electron chi connectivity index (χ4n) is 3.70. The Labute approximate surface area is 184 Å². The van der Waals surface area contributed by atoms with Crippen molar-refractivity contribution in [2.45, 2.75) is 48.6 Å². The van der Waals surface area contributed by atoms with Crippen LogP contribution in [-0.2, 0) is 18.9 Å². The third-order valence-corrected chi connectivity index (χ3v) is 6.39. The Morgan fingerprint density at radius 1 is 0.935 bits per heavy atom. The number of aliphatic hydroxyl groups excluding tert-OH is 1. The number of carbonyl (C=O) groups is 2. The molecule has 8 heteroatoms. The van der Waals surface area contributed by atoms with E-state index in [9.17, 15) is 14.7 Å². The Kier molecular flexibility index (Phi) is 6.34. The highest BCUT2D eigenvalue weighted by Gasteiger charge is 2.56. The highest BCUT2D eigenvalue weighted by molar-refractivity contribution is 8.00. The van der Waals surface area contributed by atoms with Crippen LogP contribution in [0.3, 0.4) is 0 Å². The number of fused-ring (bicyclic) bond motifs is 1. The van der Waals surface area contributed by atoms with Crippen molar-refractivity contribution in [3.63, 3.8) is 0 Å². The number of ether oxygens (including phenoxy) is 4. The van der Waals surface area contributed by atoms with Gasteiger partial charge in [-0.3, -0.25) is 0 Å². The summed E-state index contributed by atoms with van der Waals surface area (Å²) in [6.45, 7) is 3.53. The molecular formula is C23H24O7S. The van der Waals surface area contributed by atoms with Gasteiger partial charge >= 0.3 is 11.9 Å². The van der Waals surface area contributed by atoms with E-state index in [0.717, 1.165) is 11.8 Å². The molecule has 0 saturated carbocycles. The molecule has 0 spiro atoms. The molecule has 2 heterocycles. The molecule has 0 amide bonds. The molecule has 0 aromatic heterocycles. The lowest BCUT2D eigenvalue weighted by molar-refractivity contribution is -0.158. The van der Waals surface area contributed by atoms with Gasteiger partial charge in [0.25, 0.3) is 0 Å². The van der Waals surface area contributed by atoms with Gasteiger partial charge in [-0.2, -0.15) is 0 Å². The summed E-state index contributed by atoms with van der Waals surface area (Å²) in [5, 5.41) is 10.4. The van der Waals surface area contributed by atoms with Gasteiger partial charge in [0, 0.05) is 0 Å². The maximum absolute atomic E-state index is 12.6. The molecule has 2 saturated heterocycles. The molecule has 2 fully saturated rings. The van der Waals surface area contributed by atoms with Crippen LogP contribution >= 0.6 is 11.8 Å². The molecule has 164 valence electrons. The van der Waals surface area contributed by atoms with Crippen LogP contribution in [0.5, 0.6) is 0 Å². The van der Waals surface area contributed by atoms with Crippen LogP contribution in [0.25, 0.3) is 0 Å². The van der Waals surface area contributed by atoms with E-state index in [2.05, 4.69) is 0 Å². The van der Waals surface area contributed by atoms with Crippen molar-refractivity contribution in [3.05, 3.63) is 71.8 Å². The number of aliphatic hydroxyl groups is 1. The van der Waals surface area contributed by atoms with Crippen LogP contribution in [0.1, 0.15) is 34.6 Å². The Hall–Kier alpha value is -2.39. The normalized spacial score (nSPS) is 29.1. The van der Waals surface area contributed by atoms with Crippen molar-refractivity contribution in [2.75, 3.05) is 6.61 Å². The molecule has 0 radical (unpaired) electrons. The molecule has 4 rings (SSSR count). The molecule has 2 aliphatic heterocycles. The van der Waals surface area contributed by atoms with Crippen LogP contribution in [-0.4, -0.2) is 58.4 Å². The molecule has 2 aromatic rings. The van der Waals surface area contributed by atoms with Crippen molar-refractivity contribution in [2.24, 2.45) is 0 Å². The van der Waals surface area contributed by atoms with Gasteiger partial charge in [0.1, 0.15) is 24.3 Å². The lowest BCUT2D eigenvalue weighted by atomic mass is 10.0. The van der Waals surface area contributed by atoms with Crippen LogP contribution in [0.4, 0.5) is 0 Å². The zero-order chi connectivity index (χ0) is 22.0. The minimum absolute atomic E-state index is 0.0232. The Morgan fingerprint density at radius 2 is 1.48 bits per heavy atom. The van der Waals surface area contributed by atoms with E-state index in [1.807, 2.05) is 6.07 Å². The molecular weight excluding hydrogens is 420 g/mol. The van der Waals surface area contributed by atoms with Crippen LogP contribution < -0.4 is 0 Å². The number of hydrogen-bond acceptors (Lipinski definition) is 8. The van der Waals surface area contributed by atoms with E-state index < -0.39 is 41.5 Å². The minimum atomic E-state index is -1.06. The van der Waals surface area contributed by atoms with E-state index in [1.165, 1.54) is 0 Å². The largest absolute Gasteiger partial charge is 0.461 e. The van der Waals surface area contributed by atoms with E-state index in [-0.39, 0.29) is 11.9 Å². The maximum Gasteiger partial charge on any atom is 0.338 e. The van der Waals surface area contributed by atoms with Gasteiger partial charge in [0.2, 0.25) is 0 Å². The van der Waals surface area contributed by atoms with Gasteiger partial charge in [0.05, 0.1) is 16.4 Å².